The van der Waals surface area contributed by atoms with E-state index in [-0.39, 0.29) is 32.0 Å². The van der Waals surface area contributed by atoms with Crippen molar-refractivity contribution in [1.29, 1.82) is 0 Å². The molecule has 2 amide bonds. The summed E-state index contributed by atoms with van der Waals surface area (Å²) >= 11 is 17.2. The number of esters is 4. The van der Waals surface area contributed by atoms with Crippen LogP contribution in [-0.4, -0.2) is 96.2 Å². The van der Waals surface area contributed by atoms with Crippen molar-refractivity contribution in [2.75, 3.05) is 19.8 Å². The molecule has 0 aromatic heterocycles. The Morgan fingerprint density at radius 2 is 1.34 bits per heavy atom. The van der Waals surface area contributed by atoms with Crippen LogP contribution in [0, 0.1) is 0 Å². The van der Waals surface area contributed by atoms with Gasteiger partial charge in [-0.3, -0.25) is 19.2 Å². The summed E-state index contributed by atoms with van der Waals surface area (Å²) in [6.07, 6.45) is 5.58. The van der Waals surface area contributed by atoms with Crippen LogP contribution in [0.4, 0.5) is 4.79 Å². The highest BCUT2D eigenvalue weighted by Crippen LogP contribution is 2.29. The molecule has 0 spiro atoms. The highest BCUT2D eigenvalue weighted by molar-refractivity contribution is 6.67. The molecular weight excluding hydrogens is 823 g/mol. The van der Waals surface area contributed by atoms with Crippen molar-refractivity contribution in [1.82, 2.24) is 10.6 Å². The first-order valence-electron chi connectivity index (χ1n) is 19.8. The van der Waals surface area contributed by atoms with Crippen LogP contribution in [0.3, 0.4) is 0 Å². The van der Waals surface area contributed by atoms with Crippen LogP contribution in [0.25, 0.3) is 0 Å². The second kappa shape index (κ2) is 28.2. The van der Waals surface area contributed by atoms with E-state index in [2.05, 4.69) is 17.6 Å². The van der Waals surface area contributed by atoms with E-state index in [1.165, 1.54) is 44.9 Å². The summed E-state index contributed by atoms with van der Waals surface area (Å²) in [5.74, 6) is -3.39. The molecule has 328 valence electrons. The molecule has 0 radical (unpaired) electrons. The third-order valence-corrected chi connectivity index (χ3v) is 9.22. The normalized spacial score (nSPS) is 19.6. The molecule has 1 aromatic rings. The minimum absolute atomic E-state index is 0.0427. The van der Waals surface area contributed by atoms with Gasteiger partial charge in [0.15, 0.2) is 18.5 Å². The van der Waals surface area contributed by atoms with Gasteiger partial charge in [0.25, 0.3) is 0 Å². The van der Waals surface area contributed by atoms with Gasteiger partial charge in [0.1, 0.15) is 38.0 Å². The number of hydrogen-bond acceptors (Lipinski definition) is 13. The Labute approximate surface area is 356 Å². The van der Waals surface area contributed by atoms with Crippen LogP contribution in [0.2, 0.25) is 0 Å². The van der Waals surface area contributed by atoms with Gasteiger partial charge >= 0.3 is 30.0 Å². The maximum Gasteiger partial charge on any atom is 0.407 e. The number of rotatable bonds is 26. The van der Waals surface area contributed by atoms with Crippen LogP contribution in [0.15, 0.2) is 30.3 Å². The van der Waals surface area contributed by atoms with Crippen molar-refractivity contribution in [3.8, 4) is 0 Å². The minimum atomic E-state index is -1.97. The van der Waals surface area contributed by atoms with E-state index in [4.69, 9.17) is 68.0 Å². The Hall–Kier alpha value is -3.37. The molecule has 1 aliphatic heterocycles. The van der Waals surface area contributed by atoms with Gasteiger partial charge in [0.2, 0.25) is 9.70 Å². The molecule has 0 aliphatic carbocycles. The predicted molar refractivity (Wildman–Crippen MR) is 215 cm³/mol. The maximum absolute atomic E-state index is 13.4. The second-order valence-corrected chi connectivity index (χ2v) is 16.5. The summed E-state index contributed by atoms with van der Waals surface area (Å²) in [6, 6.07) is 6.42. The Morgan fingerprint density at radius 1 is 0.759 bits per heavy atom. The molecule has 2 rings (SSSR count). The molecule has 1 fully saturated rings. The molecule has 1 heterocycles. The fourth-order valence-electron chi connectivity index (χ4n) is 6.12. The molecule has 58 heavy (non-hydrogen) atoms. The lowest BCUT2D eigenvalue weighted by Crippen LogP contribution is -2.67. The van der Waals surface area contributed by atoms with Crippen molar-refractivity contribution < 1.29 is 61.9 Å². The van der Waals surface area contributed by atoms with Crippen molar-refractivity contribution in [3.63, 3.8) is 0 Å². The third kappa shape index (κ3) is 22.1. The molecule has 0 unspecified atom stereocenters. The number of hydrogen-bond donors (Lipinski definition) is 2. The van der Waals surface area contributed by atoms with Crippen LogP contribution in [0.5, 0.6) is 0 Å². The smallest absolute Gasteiger partial charge is 0.407 e. The summed E-state index contributed by atoms with van der Waals surface area (Å²) in [7, 11) is 0. The molecular formula is C40H59Cl3N2O13. The van der Waals surface area contributed by atoms with Crippen LogP contribution < -0.4 is 10.6 Å². The van der Waals surface area contributed by atoms with E-state index >= 15 is 0 Å². The van der Waals surface area contributed by atoms with E-state index in [1.54, 1.807) is 24.3 Å². The fraction of sp³-hybridized carbons (Fsp3) is 0.700. The van der Waals surface area contributed by atoms with Gasteiger partial charge in [-0.1, -0.05) is 136 Å². The van der Waals surface area contributed by atoms with Crippen LogP contribution >= 0.6 is 34.8 Å². The molecule has 0 saturated carbocycles. The van der Waals surface area contributed by atoms with Crippen molar-refractivity contribution in [2.24, 2.45) is 0 Å². The second-order valence-electron chi connectivity index (χ2n) is 14.0. The summed E-state index contributed by atoms with van der Waals surface area (Å²) in [5.41, 5.74) is 0.738. The Morgan fingerprint density at radius 3 is 1.91 bits per heavy atom. The number of carbonyl (C=O) groups is 6. The summed E-state index contributed by atoms with van der Waals surface area (Å²) in [4.78, 5) is 75.7. The first-order chi connectivity index (χ1) is 27.6. The molecule has 18 heteroatoms. The van der Waals surface area contributed by atoms with E-state index in [9.17, 15) is 28.8 Å². The SMILES string of the molecule is CCCCCCCCCCCCCC(=O)N[C@@H](CCO[C@@H]1O[C@H](COC(C)=O)[C@@H](OC(C)=O)[C@H](OC(C)=O)[C@H]1NC(=O)OCC(Cl)(Cl)Cl)C(=O)OCc1ccccc1. The molecule has 0 bridgehead atoms. The molecule has 1 aliphatic rings. The van der Waals surface area contributed by atoms with Crippen molar-refractivity contribution >= 4 is 70.7 Å². The van der Waals surface area contributed by atoms with Gasteiger partial charge in [-0.05, 0) is 12.0 Å². The lowest BCUT2D eigenvalue weighted by Gasteiger charge is -2.44. The fourth-order valence-corrected chi connectivity index (χ4v) is 6.28. The standard InChI is InChI=1S/C40H59Cl3N2O13/c1-5-6-7-8-9-10-11-12-13-14-18-21-33(49)44-31(37(50)54-24-30-19-16-15-17-20-30)22-23-52-38-34(45-39(51)55-26-40(41,42)43)36(57-29(4)48)35(56-28(3)47)32(58-38)25-53-27(2)46/h15-17,19-20,31-32,34-36,38H,5-14,18,21-26H2,1-4H3,(H,44,49)(H,45,51)/t31-,32+,34+,35+,36+,38+/m0/s1. The zero-order chi connectivity index (χ0) is 42.9. The molecule has 1 aromatic carbocycles. The van der Waals surface area contributed by atoms with Gasteiger partial charge in [0, 0.05) is 33.6 Å². The zero-order valence-electron chi connectivity index (χ0n) is 33.8. The molecule has 2 N–H and O–H groups in total. The van der Waals surface area contributed by atoms with Crippen LogP contribution in [0.1, 0.15) is 117 Å². The predicted octanol–water partition coefficient (Wildman–Crippen LogP) is 6.94. The Kier molecular flexibility index (Phi) is 24.7. The monoisotopic (exact) mass is 880 g/mol. The van der Waals surface area contributed by atoms with E-state index in [0.717, 1.165) is 45.6 Å². The van der Waals surface area contributed by atoms with Gasteiger partial charge in [0.05, 0.1) is 6.61 Å². The zero-order valence-corrected chi connectivity index (χ0v) is 36.1. The number of carbonyl (C=O) groups excluding carboxylic acids is 6. The lowest BCUT2D eigenvalue weighted by atomic mass is 9.96. The molecule has 1 saturated heterocycles. The maximum atomic E-state index is 13.4. The van der Waals surface area contributed by atoms with Crippen molar-refractivity contribution in [2.45, 2.75) is 158 Å². The minimum Gasteiger partial charge on any atom is -0.463 e. The number of ether oxygens (including phenoxy) is 7. The average molecular weight is 882 g/mol. The van der Waals surface area contributed by atoms with Gasteiger partial charge in [-0.15, -0.1) is 0 Å². The number of benzene rings is 1. The number of alkyl carbamates (subject to hydrolysis) is 1. The molecule has 15 nitrogen and oxygen atoms in total. The largest absolute Gasteiger partial charge is 0.463 e. The van der Waals surface area contributed by atoms with Crippen molar-refractivity contribution in [3.05, 3.63) is 35.9 Å². The van der Waals surface area contributed by atoms with Gasteiger partial charge in [-0.2, -0.15) is 0 Å². The highest BCUT2D eigenvalue weighted by Gasteiger charge is 2.52. The topological polar surface area (TPSA) is 191 Å². The van der Waals surface area contributed by atoms with Gasteiger partial charge < -0.3 is 43.8 Å². The van der Waals surface area contributed by atoms with E-state index in [0.29, 0.717) is 6.42 Å². The summed E-state index contributed by atoms with van der Waals surface area (Å²) in [5, 5.41) is 5.21. The first kappa shape index (κ1) is 50.8. The van der Waals surface area contributed by atoms with E-state index < -0.39 is 83.7 Å². The van der Waals surface area contributed by atoms with Crippen LogP contribution in [-0.2, 0) is 63.7 Å². The molecule has 6 atom stereocenters. The Balaban J connectivity index is 2.20. The van der Waals surface area contributed by atoms with Gasteiger partial charge in [-0.25, -0.2) is 9.59 Å². The lowest BCUT2D eigenvalue weighted by molar-refractivity contribution is -0.277. The summed E-state index contributed by atoms with van der Waals surface area (Å²) in [6.45, 7) is 4.05. The number of unbranched alkanes of at least 4 members (excludes halogenated alkanes) is 10. The number of alkyl halides is 3. The average Bonchev–Trinajstić information content (AvgIpc) is 3.15. The quantitative estimate of drug-likeness (QED) is 0.0422. The van der Waals surface area contributed by atoms with E-state index in [1.807, 2.05) is 6.07 Å². The number of amides is 2. The summed E-state index contributed by atoms with van der Waals surface area (Å²) < 4.78 is 36.8. The number of nitrogens with one attached hydrogen (secondary N) is 2. The first-order valence-corrected chi connectivity index (χ1v) is 21.0. The Bertz CT molecular complexity index is 1420. The third-order valence-electron chi connectivity index (χ3n) is 8.89. The number of halogens is 3. The highest BCUT2D eigenvalue weighted by atomic mass is 35.6.